The Morgan fingerprint density at radius 3 is 2.86 bits per heavy atom. The zero-order valence-corrected chi connectivity index (χ0v) is 7.92. The van der Waals surface area contributed by atoms with E-state index in [-0.39, 0.29) is 5.90 Å². The van der Waals surface area contributed by atoms with Gasteiger partial charge in [0.25, 0.3) is 0 Å². The number of allylic oxidation sites excluding steroid dienone is 1. The fourth-order valence-corrected chi connectivity index (χ4v) is 1.51. The van der Waals surface area contributed by atoms with Crippen LogP contribution in [0.4, 0.5) is 0 Å². The normalized spacial score (nSPS) is 26.2. The number of ether oxygens (including phenoxy) is 2. The number of hydrogen-bond donors (Lipinski definition) is 1. The second kappa shape index (κ2) is 3.29. The maximum absolute atomic E-state index is 11.3. The van der Waals surface area contributed by atoms with Gasteiger partial charge in [0.2, 0.25) is 0 Å². The number of nitrogens with one attached hydrogen (secondary N) is 1. The van der Waals surface area contributed by atoms with Crippen LogP contribution in [0.2, 0.25) is 0 Å². The topological polar surface area (TPSA) is 59.4 Å². The molecule has 0 radical (unpaired) electrons. The molecule has 2 aliphatic heterocycles. The number of rotatable bonds is 1. The second-order valence-corrected chi connectivity index (χ2v) is 3.25. The Hall–Kier alpha value is -1.58. The maximum atomic E-state index is 11.3. The Labute approximate surface area is 81.7 Å². The van der Waals surface area contributed by atoms with Gasteiger partial charge < -0.3 is 9.47 Å². The average Bonchev–Trinajstić information content (AvgIpc) is 2.71. The summed E-state index contributed by atoms with van der Waals surface area (Å²) in [6.07, 6.45) is 2.99. The molecule has 0 aliphatic carbocycles. The molecule has 0 atom stereocenters. The maximum Gasteiger partial charge on any atom is 0.341 e. The van der Waals surface area contributed by atoms with E-state index in [1.807, 2.05) is 13.0 Å². The lowest BCUT2D eigenvalue weighted by Crippen LogP contribution is -1.99. The Bertz CT molecular complexity index is 366. The highest BCUT2D eigenvalue weighted by molar-refractivity contribution is 6.07. The minimum absolute atomic E-state index is 0.0239. The van der Waals surface area contributed by atoms with Crippen LogP contribution < -0.4 is 0 Å². The highest BCUT2D eigenvalue weighted by Gasteiger charge is 2.28. The molecule has 14 heavy (non-hydrogen) atoms. The summed E-state index contributed by atoms with van der Waals surface area (Å²) in [5.41, 5.74) is 1.42. The summed E-state index contributed by atoms with van der Waals surface area (Å²) in [6, 6.07) is 0. The molecule has 1 N–H and O–H groups in total. The summed E-state index contributed by atoms with van der Waals surface area (Å²) in [7, 11) is 0. The molecule has 0 aromatic heterocycles. The Balaban J connectivity index is 2.29. The van der Waals surface area contributed by atoms with Crippen LogP contribution in [-0.2, 0) is 14.3 Å². The van der Waals surface area contributed by atoms with E-state index < -0.39 is 5.97 Å². The first-order valence-electron chi connectivity index (χ1n) is 4.55. The smallest absolute Gasteiger partial charge is 0.341 e. The van der Waals surface area contributed by atoms with Crippen molar-refractivity contribution in [1.82, 2.24) is 0 Å². The van der Waals surface area contributed by atoms with Gasteiger partial charge in [-0.15, -0.1) is 0 Å². The summed E-state index contributed by atoms with van der Waals surface area (Å²) in [6.45, 7) is 2.43. The molecule has 0 aromatic carbocycles. The van der Waals surface area contributed by atoms with E-state index in [1.165, 1.54) is 0 Å². The first-order chi connectivity index (χ1) is 6.70. The molecule has 2 heterocycles. The first-order valence-corrected chi connectivity index (χ1v) is 4.55. The summed E-state index contributed by atoms with van der Waals surface area (Å²) >= 11 is 0. The van der Waals surface area contributed by atoms with E-state index in [4.69, 9.17) is 10.1 Å². The molecular weight excluding hydrogens is 182 g/mol. The van der Waals surface area contributed by atoms with Crippen LogP contribution in [0.25, 0.3) is 0 Å². The summed E-state index contributed by atoms with van der Waals surface area (Å²) in [4.78, 5) is 11.3. The molecule has 0 unspecified atom stereocenters. The van der Waals surface area contributed by atoms with Crippen LogP contribution >= 0.6 is 0 Å². The van der Waals surface area contributed by atoms with E-state index in [0.717, 1.165) is 17.8 Å². The molecule has 4 heteroatoms. The fraction of sp³-hybridized carbons (Fsp3) is 0.400. The van der Waals surface area contributed by atoms with Crippen LogP contribution in [0, 0.1) is 5.41 Å². The quantitative estimate of drug-likeness (QED) is 0.507. The van der Waals surface area contributed by atoms with E-state index in [9.17, 15) is 4.79 Å². The van der Waals surface area contributed by atoms with Crippen LogP contribution in [-0.4, -0.2) is 18.5 Å². The number of esters is 1. The molecule has 1 fully saturated rings. The fourth-order valence-electron chi connectivity index (χ4n) is 1.51. The molecule has 0 amide bonds. The van der Waals surface area contributed by atoms with Crippen LogP contribution in [0.3, 0.4) is 0 Å². The van der Waals surface area contributed by atoms with Crippen molar-refractivity contribution in [2.24, 2.45) is 0 Å². The van der Waals surface area contributed by atoms with Crippen molar-refractivity contribution in [1.29, 1.82) is 5.41 Å². The molecule has 74 valence electrons. The number of hydrogen-bond acceptors (Lipinski definition) is 4. The van der Waals surface area contributed by atoms with E-state index in [2.05, 4.69) is 4.74 Å². The van der Waals surface area contributed by atoms with Gasteiger partial charge in [0.15, 0.2) is 5.90 Å². The summed E-state index contributed by atoms with van der Waals surface area (Å²) in [5.74, 6) is 0.511. The predicted molar refractivity (Wildman–Crippen MR) is 49.8 cm³/mol. The van der Waals surface area contributed by atoms with Crippen molar-refractivity contribution in [2.75, 3.05) is 6.61 Å². The molecule has 0 saturated carbocycles. The van der Waals surface area contributed by atoms with Crippen LogP contribution in [0.1, 0.15) is 19.8 Å². The van der Waals surface area contributed by atoms with Crippen LogP contribution in [0.15, 0.2) is 23.0 Å². The number of carbonyl (C=O) groups excluding carboxylic acids is 1. The Morgan fingerprint density at radius 1 is 1.57 bits per heavy atom. The second-order valence-electron chi connectivity index (χ2n) is 3.25. The average molecular weight is 193 g/mol. The van der Waals surface area contributed by atoms with Crippen molar-refractivity contribution < 1.29 is 14.3 Å². The van der Waals surface area contributed by atoms with Gasteiger partial charge in [-0.3, -0.25) is 5.41 Å². The summed E-state index contributed by atoms with van der Waals surface area (Å²) < 4.78 is 9.99. The van der Waals surface area contributed by atoms with Crippen LogP contribution in [0.5, 0.6) is 0 Å². The van der Waals surface area contributed by atoms with Crippen molar-refractivity contribution in [3.63, 3.8) is 0 Å². The third-order valence-corrected chi connectivity index (χ3v) is 2.28. The largest absolute Gasteiger partial charge is 0.493 e. The molecule has 1 saturated heterocycles. The van der Waals surface area contributed by atoms with Gasteiger partial charge in [0, 0.05) is 12.0 Å². The van der Waals surface area contributed by atoms with Crippen molar-refractivity contribution in [3.05, 3.63) is 23.0 Å². The van der Waals surface area contributed by atoms with Crippen molar-refractivity contribution >= 4 is 11.9 Å². The van der Waals surface area contributed by atoms with E-state index in [1.54, 1.807) is 0 Å². The molecule has 0 spiro atoms. The zero-order valence-electron chi connectivity index (χ0n) is 7.92. The number of carbonyl (C=O) groups is 1. The van der Waals surface area contributed by atoms with Gasteiger partial charge in [-0.05, 0) is 6.08 Å². The molecule has 2 rings (SSSR count). The first kappa shape index (κ1) is 8.99. The van der Waals surface area contributed by atoms with Crippen molar-refractivity contribution in [3.8, 4) is 0 Å². The molecular formula is C10H11NO3. The lowest BCUT2D eigenvalue weighted by molar-refractivity contribution is -0.129. The highest BCUT2D eigenvalue weighted by Crippen LogP contribution is 2.26. The van der Waals surface area contributed by atoms with Gasteiger partial charge in [0.1, 0.15) is 6.61 Å². The van der Waals surface area contributed by atoms with Crippen molar-refractivity contribution in [2.45, 2.75) is 19.8 Å². The minimum Gasteiger partial charge on any atom is -0.493 e. The van der Waals surface area contributed by atoms with Gasteiger partial charge in [-0.1, -0.05) is 6.92 Å². The lowest BCUT2D eigenvalue weighted by Gasteiger charge is -1.97. The number of cyclic esters (lactones) is 1. The third-order valence-electron chi connectivity index (χ3n) is 2.28. The zero-order chi connectivity index (χ0) is 10.1. The molecule has 2 aliphatic rings. The van der Waals surface area contributed by atoms with Gasteiger partial charge in [-0.25, -0.2) is 4.79 Å². The molecule has 4 nitrogen and oxygen atoms in total. The van der Waals surface area contributed by atoms with E-state index >= 15 is 0 Å². The summed E-state index contributed by atoms with van der Waals surface area (Å²) in [5, 5.41) is 7.23. The minimum atomic E-state index is -0.401. The lowest BCUT2D eigenvalue weighted by atomic mass is 10.1. The van der Waals surface area contributed by atoms with Gasteiger partial charge in [-0.2, -0.15) is 0 Å². The Kier molecular flexibility index (Phi) is 2.11. The SMILES string of the molecule is CCC1=C/C(=C2/CC(=N)OC2=O)CO1. The Morgan fingerprint density at radius 2 is 2.36 bits per heavy atom. The highest BCUT2D eigenvalue weighted by atomic mass is 16.5. The molecule has 0 bridgehead atoms. The third kappa shape index (κ3) is 1.43. The van der Waals surface area contributed by atoms with E-state index in [0.29, 0.717) is 18.6 Å². The standard InChI is InChI=1S/C10H11NO3/c1-2-7-3-6(5-13-7)8-4-9(11)14-10(8)12/h3,11H,2,4-5H2,1H3/b8-6+,11-9?. The van der Waals surface area contributed by atoms with Gasteiger partial charge in [0.05, 0.1) is 17.8 Å². The monoisotopic (exact) mass is 193 g/mol. The predicted octanol–water partition coefficient (Wildman–Crippen LogP) is 1.53. The molecule has 0 aromatic rings. The van der Waals surface area contributed by atoms with Gasteiger partial charge >= 0.3 is 5.97 Å².